The van der Waals surface area contributed by atoms with Crippen LogP contribution in [0, 0.1) is 5.82 Å². The number of ketones is 1. The Bertz CT molecular complexity index is 1190. The number of Topliss-reactive ketones (excluding diaryl/α,β-unsaturated/α-hetero) is 1. The minimum atomic E-state index is -0.336. The molecule has 0 aliphatic heterocycles. The maximum atomic E-state index is 13.6. The van der Waals surface area contributed by atoms with Crippen molar-refractivity contribution in [1.29, 1.82) is 0 Å². The summed E-state index contributed by atoms with van der Waals surface area (Å²) < 4.78 is 13.6. The largest absolute Gasteiger partial charge is 0.340 e. The van der Waals surface area contributed by atoms with Crippen molar-refractivity contribution in [2.24, 2.45) is 0 Å². The van der Waals surface area contributed by atoms with Crippen LogP contribution >= 0.6 is 0 Å². The lowest BCUT2D eigenvalue weighted by atomic mass is 10.1. The molecule has 0 amide bonds. The summed E-state index contributed by atoms with van der Waals surface area (Å²) in [5, 5.41) is 6.28. The smallest absolute Gasteiger partial charge is 0.229 e. The monoisotopic (exact) mass is 398 g/mol. The molecule has 0 aliphatic rings. The quantitative estimate of drug-likeness (QED) is 0.392. The van der Waals surface area contributed by atoms with E-state index in [4.69, 9.17) is 0 Å². The van der Waals surface area contributed by atoms with E-state index in [9.17, 15) is 9.18 Å². The van der Waals surface area contributed by atoms with Gasteiger partial charge in [0.25, 0.3) is 0 Å². The molecule has 0 spiro atoms. The zero-order valence-electron chi connectivity index (χ0n) is 16.3. The Morgan fingerprint density at radius 3 is 2.27 bits per heavy atom. The average molecular weight is 398 g/mol. The Morgan fingerprint density at radius 1 is 0.800 bits per heavy atom. The average Bonchev–Trinajstić information content (AvgIpc) is 2.74. The van der Waals surface area contributed by atoms with Gasteiger partial charge >= 0.3 is 0 Å². The molecule has 5 nitrogen and oxygen atoms in total. The Hall–Kier alpha value is -4.06. The van der Waals surface area contributed by atoms with Crippen LogP contribution < -0.4 is 10.6 Å². The maximum Gasteiger partial charge on any atom is 0.229 e. The van der Waals surface area contributed by atoms with Crippen LogP contribution in [0.2, 0.25) is 0 Å². The molecule has 1 aromatic heterocycles. The van der Waals surface area contributed by atoms with Crippen LogP contribution in [-0.4, -0.2) is 15.8 Å². The first kappa shape index (κ1) is 19.3. The van der Waals surface area contributed by atoms with Crippen molar-refractivity contribution in [3.05, 3.63) is 96.3 Å². The van der Waals surface area contributed by atoms with E-state index in [1.807, 2.05) is 36.4 Å². The molecule has 2 N–H and O–H groups in total. The van der Waals surface area contributed by atoms with Gasteiger partial charge in [0.15, 0.2) is 5.78 Å². The van der Waals surface area contributed by atoms with Gasteiger partial charge in [-0.15, -0.1) is 0 Å². The predicted molar refractivity (Wildman–Crippen MR) is 117 cm³/mol. The number of anilines is 4. The lowest BCUT2D eigenvalue weighted by Crippen LogP contribution is -2.03. The van der Waals surface area contributed by atoms with Gasteiger partial charge in [0.05, 0.1) is 5.69 Å². The van der Waals surface area contributed by atoms with Gasteiger partial charge in [-0.3, -0.25) is 4.79 Å². The summed E-state index contributed by atoms with van der Waals surface area (Å²) in [5.74, 6) is 0.512. The third-order valence-corrected chi connectivity index (χ3v) is 4.42. The van der Waals surface area contributed by atoms with Crippen LogP contribution in [-0.2, 0) is 0 Å². The van der Waals surface area contributed by atoms with E-state index in [1.54, 1.807) is 36.4 Å². The number of carbonyl (C=O) groups is 1. The highest BCUT2D eigenvalue weighted by Crippen LogP contribution is 2.25. The van der Waals surface area contributed by atoms with Crippen molar-refractivity contribution in [2.75, 3.05) is 10.6 Å². The van der Waals surface area contributed by atoms with Crippen LogP contribution in [0.15, 0.2) is 84.9 Å². The molecule has 0 atom stereocenters. The van der Waals surface area contributed by atoms with Gasteiger partial charge in [0, 0.05) is 28.6 Å². The van der Waals surface area contributed by atoms with Crippen molar-refractivity contribution in [3.63, 3.8) is 0 Å². The fourth-order valence-corrected chi connectivity index (χ4v) is 2.98. The summed E-state index contributed by atoms with van der Waals surface area (Å²) in [7, 11) is 0. The number of carbonyl (C=O) groups excluding carboxylic acids is 1. The van der Waals surface area contributed by atoms with Crippen LogP contribution in [0.4, 0.5) is 27.5 Å². The van der Waals surface area contributed by atoms with Gasteiger partial charge in [0.1, 0.15) is 11.6 Å². The maximum absolute atomic E-state index is 13.6. The van der Waals surface area contributed by atoms with E-state index < -0.39 is 0 Å². The molecule has 1 heterocycles. The van der Waals surface area contributed by atoms with Gasteiger partial charge in [-0.05, 0) is 37.3 Å². The topological polar surface area (TPSA) is 66.9 Å². The van der Waals surface area contributed by atoms with Gasteiger partial charge in [-0.25, -0.2) is 9.37 Å². The van der Waals surface area contributed by atoms with Gasteiger partial charge in [0.2, 0.25) is 5.95 Å². The molecule has 4 aromatic rings. The number of rotatable bonds is 6. The normalized spacial score (nSPS) is 10.5. The number of halogens is 1. The molecule has 0 fully saturated rings. The molecule has 3 aromatic carbocycles. The highest BCUT2D eigenvalue weighted by Gasteiger charge is 2.09. The van der Waals surface area contributed by atoms with E-state index >= 15 is 0 Å². The Balaban J connectivity index is 1.72. The Labute approximate surface area is 173 Å². The van der Waals surface area contributed by atoms with Gasteiger partial charge in [-0.2, -0.15) is 4.98 Å². The highest BCUT2D eigenvalue weighted by atomic mass is 19.1. The summed E-state index contributed by atoms with van der Waals surface area (Å²) in [6.45, 7) is 1.52. The first-order valence-corrected chi connectivity index (χ1v) is 9.42. The standard InChI is InChI=1S/C24H19FN4O/c1-16(30)18-9-5-11-20(13-18)27-24-28-22(17-7-3-2-4-8-17)15-23(29-24)26-21-12-6-10-19(25)14-21/h2-15H,1H3,(H2,26,27,28,29). The molecule has 4 rings (SSSR count). The Kier molecular flexibility index (Phi) is 5.48. The molecule has 0 unspecified atom stereocenters. The lowest BCUT2D eigenvalue weighted by Gasteiger charge is -2.12. The zero-order chi connectivity index (χ0) is 20.9. The second-order valence-electron chi connectivity index (χ2n) is 6.73. The van der Waals surface area contributed by atoms with Gasteiger partial charge < -0.3 is 10.6 Å². The number of benzene rings is 3. The van der Waals surface area contributed by atoms with Crippen molar-refractivity contribution in [3.8, 4) is 11.3 Å². The minimum absolute atomic E-state index is 0.0222. The summed E-state index contributed by atoms with van der Waals surface area (Å²) in [5.41, 5.74) is 3.50. The van der Waals surface area contributed by atoms with E-state index in [-0.39, 0.29) is 11.6 Å². The summed E-state index contributed by atoms with van der Waals surface area (Å²) in [4.78, 5) is 20.8. The minimum Gasteiger partial charge on any atom is -0.340 e. The van der Waals surface area contributed by atoms with Crippen molar-refractivity contribution < 1.29 is 9.18 Å². The number of hydrogen-bond acceptors (Lipinski definition) is 5. The van der Waals surface area contributed by atoms with Crippen LogP contribution in [0.3, 0.4) is 0 Å². The molecular weight excluding hydrogens is 379 g/mol. The summed E-state index contributed by atoms with van der Waals surface area (Å²) in [6.07, 6.45) is 0. The SMILES string of the molecule is CC(=O)c1cccc(Nc2nc(Nc3cccc(F)c3)cc(-c3ccccc3)n2)c1. The summed E-state index contributed by atoms with van der Waals surface area (Å²) in [6, 6.07) is 24.8. The molecule has 6 heteroatoms. The number of nitrogens with zero attached hydrogens (tertiary/aromatic N) is 2. The zero-order valence-corrected chi connectivity index (χ0v) is 16.3. The third kappa shape index (κ3) is 4.67. The van der Waals surface area contributed by atoms with Crippen LogP contribution in [0.25, 0.3) is 11.3 Å². The van der Waals surface area contributed by atoms with Crippen molar-refractivity contribution in [2.45, 2.75) is 6.92 Å². The molecular formula is C24H19FN4O. The first-order valence-electron chi connectivity index (χ1n) is 9.42. The van der Waals surface area contributed by atoms with Gasteiger partial charge in [-0.1, -0.05) is 48.5 Å². The van der Waals surface area contributed by atoms with E-state index in [2.05, 4.69) is 20.6 Å². The van der Waals surface area contributed by atoms with E-state index in [0.717, 1.165) is 5.56 Å². The van der Waals surface area contributed by atoms with Crippen molar-refractivity contribution in [1.82, 2.24) is 9.97 Å². The molecule has 148 valence electrons. The fraction of sp³-hybridized carbons (Fsp3) is 0.0417. The Morgan fingerprint density at radius 2 is 1.53 bits per heavy atom. The second kappa shape index (κ2) is 8.53. The van der Waals surface area contributed by atoms with Crippen LogP contribution in [0.5, 0.6) is 0 Å². The molecule has 30 heavy (non-hydrogen) atoms. The molecule has 0 radical (unpaired) electrons. The number of nitrogens with one attached hydrogen (secondary N) is 2. The second-order valence-corrected chi connectivity index (χ2v) is 6.73. The third-order valence-electron chi connectivity index (χ3n) is 4.42. The fourth-order valence-electron chi connectivity index (χ4n) is 2.98. The van der Waals surface area contributed by atoms with Crippen LogP contribution in [0.1, 0.15) is 17.3 Å². The highest BCUT2D eigenvalue weighted by molar-refractivity contribution is 5.95. The lowest BCUT2D eigenvalue weighted by molar-refractivity contribution is 0.101. The molecule has 0 bridgehead atoms. The number of hydrogen-bond donors (Lipinski definition) is 2. The molecule has 0 aliphatic carbocycles. The molecule has 0 saturated carbocycles. The van der Waals surface area contributed by atoms with E-state index in [0.29, 0.717) is 34.4 Å². The van der Waals surface area contributed by atoms with E-state index in [1.165, 1.54) is 19.1 Å². The number of aromatic nitrogens is 2. The predicted octanol–water partition coefficient (Wildman–Crippen LogP) is 5.97. The first-order chi connectivity index (χ1) is 14.6. The molecule has 0 saturated heterocycles. The van der Waals surface area contributed by atoms with Crippen molar-refractivity contribution >= 4 is 28.9 Å². The summed E-state index contributed by atoms with van der Waals surface area (Å²) >= 11 is 0.